The van der Waals surface area contributed by atoms with Crippen molar-refractivity contribution in [2.45, 2.75) is 6.54 Å². The van der Waals surface area contributed by atoms with Gasteiger partial charge in [-0.2, -0.15) is 4.57 Å². The molecular formula is C8H11BrN2O2. The lowest BCUT2D eigenvalue weighted by atomic mass is 10.4. The van der Waals surface area contributed by atoms with Gasteiger partial charge >= 0.3 is 5.97 Å². The first-order valence-electron chi connectivity index (χ1n) is 3.54. The average molecular weight is 247 g/mol. The van der Waals surface area contributed by atoms with Gasteiger partial charge in [0.15, 0.2) is 12.4 Å². The van der Waals surface area contributed by atoms with Gasteiger partial charge in [0.1, 0.15) is 0 Å². The lowest BCUT2D eigenvalue weighted by Gasteiger charge is -1.95. The molecule has 0 bridgehead atoms. The maximum atomic E-state index is 10.8. The van der Waals surface area contributed by atoms with Gasteiger partial charge in [0.2, 0.25) is 6.54 Å². The predicted molar refractivity (Wildman–Crippen MR) is 43.1 cm³/mol. The largest absolute Gasteiger partial charge is 1.00 e. The first kappa shape index (κ1) is 11.9. The molecule has 0 aromatic carbocycles. The smallest absolute Gasteiger partial charge is 0.372 e. The number of esters is 1. The summed E-state index contributed by atoms with van der Waals surface area (Å²) in [4.78, 5) is 10.8. The third kappa shape index (κ3) is 3.89. The Morgan fingerprint density at radius 1 is 1.69 bits per heavy atom. The van der Waals surface area contributed by atoms with Crippen molar-refractivity contribution in [3.05, 3.63) is 24.5 Å². The number of carbonyl (C=O) groups excluding carboxylic acids is 1. The van der Waals surface area contributed by atoms with Crippen LogP contribution >= 0.6 is 0 Å². The van der Waals surface area contributed by atoms with E-state index in [1.54, 1.807) is 29.1 Å². The summed E-state index contributed by atoms with van der Waals surface area (Å²) in [6.07, 6.45) is 3.43. The Bertz CT molecular complexity index is 291. The van der Waals surface area contributed by atoms with E-state index in [4.69, 9.17) is 5.73 Å². The molecule has 0 unspecified atom stereocenters. The predicted octanol–water partition coefficient (Wildman–Crippen LogP) is -3.27. The highest BCUT2D eigenvalue weighted by atomic mass is 79.9. The van der Waals surface area contributed by atoms with Crippen molar-refractivity contribution in [2.24, 2.45) is 0 Å². The number of nitrogens with zero attached hydrogens (tertiary/aromatic N) is 1. The molecule has 4 nitrogen and oxygen atoms in total. The van der Waals surface area contributed by atoms with Crippen molar-refractivity contribution in [2.75, 3.05) is 12.8 Å². The summed E-state index contributed by atoms with van der Waals surface area (Å²) in [6.45, 7) is 0.196. The molecule has 72 valence electrons. The lowest BCUT2D eigenvalue weighted by Crippen LogP contribution is -3.00. The second kappa shape index (κ2) is 5.53. The number of hydrogen-bond donors (Lipinski definition) is 1. The fraction of sp³-hybridized carbons (Fsp3) is 0.250. The molecule has 0 fully saturated rings. The van der Waals surface area contributed by atoms with Gasteiger partial charge in [-0.15, -0.1) is 0 Å². The van der Waals surface area contributed by atoms with Crippen molar-refractivity contribution in [3.63, 3.8) is 0 Å². The molecule has 0 saturated carbocycles. The van der Waals surface area contributed by atoms with E-state index in [0.29, 0.717) is 5.69 Å². The summed E-state index contributed by atoms with van der Waals surface area (Å²) in [5, 5.41) is 0. The summed E-state index contributed by atoms with van der Waals surface area (Å²) >= 11 is 0. The van der Waals surface area contributed by atoms with E-state index in [9.17, 15) is 4.79 Å². The minimum absolute atomic E-state index is 0. The summed E-state index contributed by atoms with van der Waals surface area (Å²) in [6, 6.07) is 3.53. The molecule has 0 aliphatic carbocycles. The van der Waals surface area contributed by atoms with E-state index < -0.39 is 0 Å². The van der Waals surface area contributed by atoms with Crippen LogP contribution in [0.2, 0.25) is 0 Å². The van der Waals surface area contributed by atoms with Crippen molar-refractivity contribution in [3.8, 4) is 0 Å². The SMILES string of the molecule is COC(=O)C[n+]1cccc(N)c1.[Br-]. The maximum Gasteiger partial charge on any atom is 0.372 e. The van der Waals surface area contributed by atoms with Crippen LogP contribution < -0.4 is 27.3 Å². The molecular weight excluding hydrogens is 236 g/mol. The van der Waals surface area contributed by atoms with E-state index in [0.717, 1.165) is 0 Å². The van der Waals surface area contributed by atoms with Crippen LogP contribution in [-0.4, -0.2) is 13.1 Å². The normalized spacial score (nSPS) is 8.69. The number of aromatic nitrogens is 1. The number of ether oxygens (including phenoxy) is 1. The Morgan fingerprint density at radius 3 is 2.92 bits per heavy atom. The molecule has 0 atom stereocenters. The molecule has 1 aromatic heterocycles. The van der Waals surface area contributed by atoms with Gasteiger partial charge in [0.25, 0.3) is 0 Å². The van der Waals surface area contributed by atoms with Crippen LogP contribution in [0, 0.1) is 0 Å². The summed E-state index contributed by atoms with van der Waals surface area (Å²) in [7, 11) is 1.36. The molecule has 0 aliphatic heterocycles. The number of rotatable bonds is 2. The van der Waals surface area contributed by atoms with Crippen molar-refractivity contribution >= 4 is 11.7 Å². The zero-order valence-electron chi connectivity index (χ0n) is 7.24. The minimum Gasteiger partial charge on any atom is -1.00 e. The fourth-order valence-electron chi connectivity index (χ4n) is 0.854. The number of pyridine rings is 1. The number of halogens is 1. The lowest BCUT2D eigenvalue weighted by molar-refractivity contribution is -0.685. The number of methoxy groups -OCH3 is 1. The highest BCUT2D eigenvalue weighted by Crippen LogP contribution is 1.92. The van der Waals surface area contributed by atoms with Crippen molar-refractivity contribution < 1.29 is 31.1 Å². The summed E-state index contributed by atoms with van der Waals surface area (Å²) < 4.78 is 6.16. The van der Waals surface area contributed by atoms with Gasteiger partial charge in [0, 0.05) is 6.07 Å². The number of anilines is 1. The molecule has 0 saturated heterocycles. The van der Waals surface area contributed by atoms with Gasteiger partial charge in [-0.1, -0.05) is 0 Å². The Kier molecular flexibility index (Phi) is 5.06. The van der Waals surface area contributed by atoms with Gasteiger partial charge in [0.05, 0.1) is 12.8 Å². The van der Waals surface area contributed by atoms with Gasteiger partial charge < -0.3 is 27.5 Å². The maximum absolute atomic E-state index is 10.8. The van der Waals surface area contributed by atoms with Gasteiger partial charge in [-0.3, -0.25) is 0 Å². The van der Waals surface area contributed by atoms with Crippen LogP contribution in [0.1, 0.15) is 0 Å². The Balaban J connectivity index is 0.00000144. The Labute approximate surface area is 87.1 Å². The first-order chi connectivity index (χ1) is 5.72. The molecule has 5 heteroatoms. The monoisotopic (exact) mass is 246 g/mol. The summed E-state index contributed by atoms with van der Waals surface area (Å²) in [5.74, 6) is -0.286. The molecule has 13 heavy (non-hydrogen) atoms. The van der Waals surface area contributed by atoms with E-state index in [1.165, 1.54) is 7.11 Å². The standard InChI is InChI=1S/C8H11N2O2.BrH/c1-12-8(11)6-10-4-2-3-7(9)5-10;/h2-5H,6,9H2,1H3;1H/q+1;/p-1. The quantitative estimate of drug-likeness (QED) is 0.441. The number of hydrogen-bond acceptors (Lipinski definition) is 3. The van der Waals surface area contributed by atoms with E-state index in [1.807, 2.05) is 0 Å². The van der Waals surface area contributed by atoms with Crippen molar-refractivity contribution in [1.82, 2.24) is 0 Å². The molecule has 0 spiro atoms. The highest BCUT2D eigenvalue weighted by Gasteiger charge is 2.07. The van der Waals surface area contributed by atoms with Crippen LogP contribution in [0.5, 0.6) is 0 Å². The fourth-order valence-corrected chi connectivity index (χ4v) is 0.854. The van der Waals surface area contributed by atoms with E-state index in [2.05, 4.69) is 4.74 Å². The number of nitrogen functional groups attached to an aromatic ring is 1. The minimum atomic E-state index is -0.286. The second-order valence-corrected chi connectivity index (χ2v) is 2.39. The van der Waals surface area contributed by atoms with Gasteiger partial charge in [-0.05, 0) is 6.07 Å². The molecule has 1 aromatic rings. The van der Waals surface area contributed by atoms with E-state index >= 15 is 0 Å². The number of carbonyl (C=O) groups is 1. The molecule has 0 amide bonds. The van der Waals surface area contributed by atoms with E-state index in [-0.39, 0.29) is 29.5 Å². The third-order valence-electron chi connectivity index (χ3n) is 1.42. The average Bonchev–Trinajstić information content (AvgIpc) is 2.04. The third-order valence-corrected chi connectivity index (χ3v) is 1.42. The molecule has 0 aliphatic rings. The summed E-state index contributed by atoms with van der Waals surface area (Å²) in [5.41, 5.74) is 6.13. The Morgan fingerprint density at radius 2 is 2.38 bits per heavy atom. The molecule has 2 N–H and O–H groups in total. The molecule has 1 heterocycles. The zero-order chi connectivity index (χ0) is 8.97. The first-order valence-corrected chi connectivity index (χ1v) is 3.54. The Hall–Kier alpha value is -1.10. The van der Waals surface area contributed by atoms with Crippen molar-refractivity contribution in [1.29, 1.82) is 0 Å². The topological polar surface area (TPSA) is 56.2 Å². The zero-order valence-corrected chi connectivity index (χ0v) is 8.82. The van der Waals surface area contributed by atoms with Crippen LogP contribution in [0.15, 0.2) is 24.5 Å². The van der Waals surface area contributed by atoms with Crippen LogP contribution in [0.3, 0.4) is 0 Å². The van der Waals surface area contributed by atoms with Crippen LogP contribution in [-0.2, 0) is 16.1 Å². The molecule has 0 radical (unpaired) electrons. The van der Waals surface area contributed by atoms with Crippen LogP contribution in [0.4, 0.5) is 5.69 Å². The number of nitrogens with two attached hydrogens (primary N) is 1. The second-order valence-electron chi connectivity index (χ2n) is 2.39. The van der Waals surface area contributed by atoms with Crippen LogP contribution in [0.25, 0.3) is 0 Å². The van der Waals surface area contributed by atoms with Gasteiger partial charge in [-0.25, -0.2) is 4.79 Å². The molecule has 1 rings (SSSR count). The highest BCUT2D eigenvalue weighted by molar-refractivity contribution is 5.67.